The van der Waals surface area contributed by atoms with E-state index in [1.54, 1.807) is 0 Å². The highest BCUT2D eigenvalue weighted by atomic mass is 79.9. The van der Waals surface area contributed by atoms with Crippen LogP contribution in [0.2, 0.25) is 0 Å². The SMILES string of the molecule is Cc1cc(-c2noc(N)c2-c2cccc(Br)c2)ccc1Br. The molecule has 1 aromatic heterocycles. The molecule has 0 amide bonds. The highest BCUT2D eigenvalue weighted by molar-refractivity contribution is 9.10. The number of halogens is 2. The molecule has 0 saturated carbocycles. The fourth-order valence-electron chi connectivity index (χ4n) is 2.21. The zero-order valence-corrected chi connectivity index (χ0v) is 14.4. The lowest BCUT2D eigenvalue weighted by Crippen LogP contribution is -1.88. The molecule has 3 nitrogen and oxygen atoms in total. The Balaban J connectivity index is 2.19. The fraction of sp³-hybridized carbons (Fsp3) is 0.0625. The maximum absolute atomic E-state index is 5.98. The zero-order chi connectivity index (χ0) is 15.0. The highest BCUT2D eigenvalue weighted by Gasteiger charge is 2.18. The average molecular weight is 408 g/mol. The fourth-order valence-corrected chi connectivity index (χ4v) is 2.86. The lowest BCUT2D eigenvalue weighted by Gasteiger charge is -2.05. The van der Waals surface area contributed by atoms with E-state index in [9.17, 15) is 0 Å². The zero-order valence-electron chi connectivity index (χ0n) is 11.2. The first-order chi connectivity index (χ1) is 10.1. The summed E-state index contributed by atoms with van der Waals surface area (Å²) in [5.41, 5.74) is 10.6. The molecule has 0 fully saturated rings. The number of aromatic nitrogens is 1. The van der Waals surface area contributed by atoms with Crippen LogP contribution in [-0.2, 0) is 0 Å². The highest BCUT2D eigenvalue weighted by Crippen LogP contribution is 2.37. The molecule has 21 heavy (non-hydrogen) atoms. The van der Waals surface area contributed by atoms with Gasteiger partial charge in [-0.05, 0) is 42.3 Å². The number of nitrogens with two attached hydrogens (primary N) is 1. The van der Waals surface area contributed by atoms with Gasteiger partial charge in [-0.15, -0.1) is 0 Å². The summed E-state index contributed by atoms with van der Waals surface area (Å²) in [5.74, 6) is 0.323. The van der Waals surface area contributed by atoms with Crippen LogP contribution in [0.25, 0.3) is 22.4 Å². The predicted molar refractivity (Wildman–Crippen MR) is 91.9 cm³/mol. The van der Waals surface area contributed by atoms with E-state index in [2.05, 4.69) is 43.1 Å². The van der Waals surface area contributed by atoms with Gasteiger partial charge >= 0.3 is 0 Å². The van der Waals surface area contributed by atoms with Crippen molar-refractivity contribution in [1.29, 1.82) is 0 Å². The predicted octanol–water partition coefficient (Wildman–Crippen LogP) is 5.42. The third-order valence-electron chi connectivity index (χ3n) is 3.26. The van der Waals surface area contributed by atoms with E-state index in [4.69, 9.17) is 10.3 Å². The topological polar surface area (TPSA) is 52.0 Å². The van der Waals surface area contributed by atoms with Gasteiger partial charge in [0.1, 0.15) is 5.69 Å². The molecule has 0 spiro atoms. The molecular weight excluding hydrogens is 396 g/mol. The number of anilines is 1. The Labute approximate surface area is 139 Å². The Morgan fingerprint density at radius 1 is 1.05 bits per heavy atom. The minimum absolute atomic E-state index is 0.323. The van der Waals surface area contributed by atoms with Crippen molar-refractivity contribution >= 4 is 37.7 Å². The normalized spacial score (nSPS) is 10.8. The van der Waals surface area contributed by atoms with Gasteiger partial charge in [0, 0.05) is 14.5 Å². The third kappa shape index (κ3) is 2.76. The number of hydrogen-bond donors (Lipinski definition) is 1. The van der Waals surface area contributed by atoms with Crippen molar-refractivity contribution in [1.82, 2.24) is 5.16 Å². The Morgan fingerprint density at radius 3 is 2.57 bits per heavy atom. The van der Waals surface area contributed by atoms with Gasteiger partial charge < -0.3 is 10.3 Å². The summed E-state index contributed by atoms with van der Waals surface area (Å²) in [6.07, 6.45) is 0. The molecular formula is C16H12Br2N2O. The van der Waals surface area contributed by atoms with Gasteiger partial charge in [-0.25, -0.2) is 0 Å². The molecule has 3 aromatic rings. The Bertz CT molecular complexity index is 812. The quantitative estimate of drug-likeness (QED) is 0.616. The third-order valence-corrected chi connectivity index (χ3v) is 4.65. The number of aryl methyl sites for hydroxylation is 1. The van der Waals surface area contributed by atoms with E-state index in [1.807, 2.05) is 43.3 Å². The molecule has 0 aliphatic carbocycles. The molecule has 5 heteroatoms. The molecule has 2 N–H and O–H groups in total. The van der Waals surface area contributed by atoms with Crippen molar-refractivity contribution in [2.75, 3.05) is 5.73 Å². The summed E-state index contributed by atoms with van der Waals surface area (Å²) in [6, 6.07) is 14.0. The monoisotopic (exact) mass is 406 g/mol. The molecule has 0 saturated heterocycles. The molecule has 1 heterocycles. The van der Waals surface area contributed by atoms with Crippen molar-refractivity contribution in [3.8, 4) is 22.4 Å². The smallest absolute Gasteiger partial charge is 0.230 e. The van der Waals surface area contributed by atoms with Crippen LogP contribution in [0, 0.1) is 6.92 Å². The summed E-state index contributed by atoms with van der Waals surface area (Å²) in [5, 5.41) is 4.13. The molecule has 0 atom stereocenters. The summed E-state index contributed by atoms with van der Waals surface area (Å²) in [4.78, 5) is 0. The van der Waals surface area contributed by atoms with Crippen LogP contribution in [0.15, 0.2) is 55.9 Å². The van der Waals surface area contributed by atoms with Crippen molar-refractivity contribution in [3.63, 3.8) is 0 Å². The molecule has 0 unspecified atom stereocenters. The molecule has 0 aliphatic heterocycles. The van der Waals surface area contributed by atoms with Gasteiger partial charge in [0.15, 0.2) is 0 Å². The number of hydrogen-bond acceptors (Lipinski definition) is 3. The van der Waals surface area contributed by atoms with E-state index in [1.165, 1.54) is 0 Å². The Hall–Kier alpha value is -1.59. The molecule has 0 bridgehead atoms. The number of nitrogens with zero attached hydrogens (tertiary/aromatic N) is 1. The summed E-state index contributed by atoms with van der Waals surface area (Å²) < 4.78 is 7.26. The molecule has 3 rings (SSSR count). The van der Waals surface area contributed by atoms with Crippen molar-refractivity contribution in [2.45, 2.75) is 6.92 Å². The van der Waals surface area contributed by atoms with E-state index < -0.39 is 0 Å². The maximum Gasteiger partial charge on any atom is 0.230 e. The second kappa shape index (κ2) is 5.66. The van der Waals surface area contributed by atoms with Crippen LogP contribution in [0.5, 0.6) is 0 Å². The van der Waals surface area contributed by atoms with Crippen LogP contribution >= 0.6 is 31.9 Å². The second-order valence-corrected chi connectivity index (χ2v) is 6.51. The van der Waals surface area contributed by atoms with Gasteiger partial charge in [-0.3, -0.25) is 0 Å². The molecule has 106 valence electrons. The van der Waals surface area contributed by atoms with Gasteiger partial charge in [-0.1, -0.05) is 55.2 Å². The van der Waals surface area contributed by atoms with E-state index in [-0.39, 0.29) is 0 Å². The van der Waals surface area contributed by atoms with Gasteiger partial charge in [-0.2, -0.15) is 0 Å². The van der Waals surface area contributed by atoms with Gasteiger partial charge in [0.2, 0.25) is 5.88 Å². The second-order valence-electron chi connectivity index (χ2n) is 4.74. The van der Waals surface area contributed by atoms with Gasteiger partial charge in [0.05, 0.1) is 5.56 Å². The Kier molecular flexibility index (Phi) is 3.87. The standard InChI is InChI=1S/C16H12Br2N2O/c1-9-7-11(5-6-13(9)18)15-14(16(19)21-20-15)10-3-2-4-12(17)8-10/h2-8H,19H2,1H3. The molecule has 2 aromatic carbocycles. The summed E-state index contributed by atoms with van der Waals surface area (Å²) >= 11 is 6.98. The number of benzene rings is 2. The van der Waals surface area contributed by atoms with Crippen molar-refractivity contribution in [2.24, 2.45) is 0 Å². The van der Waals surface area contributed by atoms with Crippen LogP contribution in [0.3, 0.4) is 0 Å². The summed E-state index contributed by atoms with van der Waals surface area (Å²) in [6.45, 7) is 2.04. The molecule has 0 aliphatic rings. The molecule has 0 radical (unpaired) electrons. The van der Waals surface area contributed by atoms with Crippen LogP contribution in [0.1, 0.15) is 5.56 Å². The van der Waals surface area contributed by atoms with E-state index in [0.29, 0.717) is 5.88 Å². The van der Waals surface area contributed by atoms with Crippen LogP contribution < -0.4 is 5.73 Å². The first-order valence-corrected chi connectivity index (χ1v) is 7.92. The van der Waals surface area contributed by atoms with Crippen LogP contribution in [0.4, 0.5) is 5.88 Å². The maximum atomic E-state index is 5.98. The van der Waals surface area contributed by atoms with E-state index in [0.717, 1.165) is 36.9 Å². The largest absolute Gasteiger partial charge is 0.367 e. The van der Waals surface area contributed by atoms with Gasteiger partial charge in [0.25, 0.3) is 0 Å². The van der Waals surface area contributed by atoms with Crippen molar-refractivity contribution < 1.29 is 4.52 Å². The first kappa shape index (κ1) is 14.4. The number of nitrogen functional groups attached to an aromatic ring is 1. The summed E-state index contributed by atoms with van der Waals surface area (Å²) in [7, 11) is 0. The lowest BCUT2D eigenvalue weighted by molar-refractivity contribution is 0.439. The first-order valence-electron chi connectivity index (χ1n) is 6.34. The number of rotatable bonds is 2. The van der Waals surface area contributed by atoms with E-state index >= 15 is 0 Å². The average Bonchev–Trinajstić information content (AvgIpc) is 2.84. The minimum atomic E-state index is 0.323. The van der Waals surface area contributed by atoms with Crippen LogP contribution in [-0.4, -0.2) is 5.16 Å². The minimum Gasteiger partial charge on any atom is -0.367 e. The lowest BCUT2D eigenvalue weighted by atomic mass is 10.00. The van der Waals surface area contributed by atoms with Crippen molar-refractivity contribution in [3.05, 3.63) is 57.0 Å². The Morgan fingerprint density at radius 2 is 1.86 bits per heavy atom.